The molecule has 0 N–H and O–H groups in total. The summed E-state index contributed by atoms with van der Waals surface area (Å²) in [6.45, 7) is 0.553. The fourth-order valence-electron chi connectivity index (χ4n) is 2.19. The van der Waals surface area contributed by atoms with Gasteiger partial charge in [0.15, 0.2) is 0 Å². The Hall–Kier alpha value is -1.86. The molecule has 0 amide bonds. The molecule has 2 aromatic carbocycles. The number of nitrogens with zero attached hydrogens (tertiary/aromatic N) is 1. The Morgan fingerprint density at radius 3 is 2.43 bits per heavy atom. The molecule has 5 nitrogen and oxygen atoms in total. The standard InChI is InChI=1S/C16H11Br2NO4/c17-10-1-4-12(5-2-10)22-8-7-19-14-6-3-11(18)9-13(14)15(20)23-16(19)21/h1-6,9H,7-8H2. The molecule has 118 valence electrons. The molecule has 1 aromatic heterocycles. The van der Waals surface area contributed by atoms with Crippen LogP contribution in [0.2, 0.25) is 0 Å². The summed E-state index contributed by atoms with van der Waals surface area (Å²) in [5.74, 6) is 0.00918. The lowest BCUT2D eigenvalue weighted by Gasteiger charge is -2.10. The lowest BCUT2D eigenvalue weighted by atomic mass is 10.2. The maximum absolute atomic E-state index is 11.9. The lowest BCUT2D eigenvalue weighted by molar-refractivity contribution is 0.287. The molecular formula is C16H11Br2NO4. The van der Waals surface area contributed by atoms with Crippen LogP contribution in [0.15, 0.2) is 65.4 Å². The second-order valence-corrected chi connectivity index (χ2v) is 6.60. The zero-order valence-corrected chi connectivity index (χ0v) is 15.0. The van der Waals surface area contributed by atoms with Crippen molar-refractivity contribution < 1.29 is 9.15 Å². The molecule has 0 spiro atoms. The summed E-state index contributed by atoms with van der Waals surface area (Å²) in [6, 6.07) is 12.5. The first-order valence-electron chi connectivity index (χ1n) is 6.76. The van der Waals surface area contributed by atoms with E-state index in [4.69, 9.17) is 9.15 Å². The molecule has 23 heavy (non-hydrogen) atoms. The summed E-state index contributed by atoms with van der Waals surface area (Å²) in [7, 11) is 0. The minimum atomic E-state index is -0.691. The van der Waals surface area contributed by atoms with Crippen molar-refractivity contribution in [2.24, 2.45) is 0 Å². The zero-order chi connectivity index (χ0) is 16.4. The van der Waals surface area contributed by atoms with E-state index in [1.807, 2.05) is 24.3 Å². The molecule has 0 saturated carbocycles. The average molecular weight is 441 g/mol. The van der Waals surface area contributed by atoms with Crippen LogP contribution in [-0.4, -0.2) is 11.2 Å². The van der Waals surface area contributed by atoms with Gasteiger partial charge in [-0.05, 0) is 42.5 Å². The highest BCUT2D eigenvalue weighted by Crippen LogP contribution is 2.17. The first kappa shape index (κ1) is 16.0. The van der Waals surface area contributed by atoms with E-state index >= 15 is 0 Å². The monoisotopic (exact) mass is 439 g/mol. The summed E-state index contributed by atoms with van der Waals surface area (Å²) >= 11 is 6.65. The van der Waals surface area contributed by atoms with E-state index in [2.05, 4.69) is 31.9 Å². The maximum Gasteiger partial charge on any atom is 0.422 e. The van der Waals surface area contributed by atoms with Crippen molar-refractivity contribution in [2.45, 2.75) is 6.54 Å². The van der Waals surface area contributed by atoms with Crippen molar-refractivity contribution in [3.63, 3.8) is 0 Å². The van der Waals surface area contributed by atoms with E-state index < -0.39 is 11.4 Å². The molecule has 0 saturated heterocycles. The van der Waals surface area contributed by atoms with Gasteiger partial charge in [0.1, 0.15) is 12.4 Å². The van der Waals surface area contributed by atoms with Crippen molar-refractivity contribution in [2.75, 3.05) is 6.61 Å². The van der Waals surface area contributed by atoms with Gasteiger partial charge in [0, 0.05) is 8.95 Å². The summed E-state index contributed by atoms with van der Waals surface area (Å²) in [4.78, 5) is 23.7. The number of ether oxygens (including phenoxy) is 1. The van der Waals surface area contributed by atoms with E-state index in [0.29, 0.717) is 16.7 Å². The van der Waals surface area contributed by atoms with Crippen LogP contribution >= 0.6 is 31.9 Å². The molecule has 0 atom stereocenters. The molecule has 1 heterocycles. The number of benzene rings is 2. The molecule has 3 rings (SSSR count). The van der Waals surface area contributed by atoms with Gasteiger partial charge >= 0.3 is 11.4 Å². The summed E-state index contributed by atoms with van der Waals surface area (Å²) in [5.41, 5.74) is -0.120. The Balaban J connectivity index is 1.86. The molecule has 0 aliphatic heterocycles. The average Bonchev–Trinajstić information content (AvgIpc) is 2.52. The maximum atomic E-state index is 11.9. The van der Waals surface area contributed by atoms with Crippen LogP contribution in [0.5, 0.6) is 5.75 Å². The van der Waals surface area contributed by atoms with E-state index in [1.165, 1.54) is 4.57 Å². The second-order valence-electron chi connectivity index (χ2n) is 4.77. The quantitative estimate of drug-likeness (QED) is 0.622. The molecule has 0 aliphatic rings. The largest absolute Gasteiger partial charge is 0.492 e. The van der Waals surface area contributed by atoms with Gasteiger partial charge in [-0.2, -0.15) is 0 Å². The predicted octanol–water partition coefficient (Wildman–Crippen LogP) is 3.56. The summed E-state index contributed by atoms with van der Waals surface area (Å²) in [5, 5.41) is 0.350. The van der Waals surface area contributed by atoms with E-state index in [9.17, 15) is 9.59 Å². The molecule has 7 heteroatoms. The molecule has 0 aliphatic carbocycles. The smallest absolute Gasteiger partial charge is 0.422 e. The first-order chi connectivity index (χ1) is 11.0. The topological polar surface area (TPSA) is 61.4 Å². The first-order valence-corrected chi connectivity index (χ1v) is 8.35. The number of fused-ring (bicyclic) bond motifs is 1. The van der Waals surface area contributed by atoms with Crippen molar-refractivity contribution >= 4 is 42.8 Å². The Morgan fingerprint density at radius 1 is 1.00 bits per heavy atom. The fraction of sp³-hybridized carbons (Fsp3) is 0.125. The lowest BCUT2D eigenvalue weighted by Crippen LogP contribution is -2.27. The summed E-state index contributed by atoms with van der Waals surface area (Å²) in [6.07, 6.45) is 0. The Labute approximate surface area is 147 Å². The number of halogens is 2. The number of rotatable bonds is 4. The number of hydrogen-bond acceptors (Lipinski definition) is 4. The third kappa shape index (κ3) is 3.56. The molecular weight excluding hydrogens is 430 g/mol. The SMILES string of the molecule is O=c1oc(=O)n(CCOc2ccc(Br)cc2)c2ccc(Br)cc12. The predicted molar refractivity (Wildman–Crippen MR) is 94.1 cm³/mol. The van der Waals surface area contributed by atoms with Gasteiger partial charge in [0.05, 0.1) is 17.4 Å². The van der Waals surface area contributed by atoms with Gasteiger partial charge < -0.3 is 9.15 Å². The van der Waals surface area contributed by atoms with Crippen LogP contribution in [0.4, 0.5) is 0 Å². The fourth-order valence-corrected chi connectivity index (χ4v) is 2.82. The Kier molecular flexibility index (Phi) is 4.68. The normalized spacial score (nSPS) is 10.9. The van der Waals surface area contributed by atoms with Crippen LogP contribution in [0.3, 0.4) is 0 Å². The van der Waals surface area contributed by atoms with Gasteiger partial charge in [0.25, 0.3) is 0 Å². The zero-order valence-electron chi connectivity index (χ0n) is 11.8. The molecule has 0 radical (unpaired) electrons. The van der Waals surface area contributed by atoms with Gasteiger partial charge in [-0.1, -0.05) is 31.9 Å². The van der Waals surface area contributed by atoms with Gasteiger partial charge in [-0.3, -0.25) is 4.57 Å². The molecule has 0 unspecified atom stereocenters. The Morgan fingerprint density at radius 2 is 1.70 bits per heavy atom. The van der Waals surface area contributed by atoms with Crippen LogP contribution in [0.25, 0.3) is 10.9 Å². The minimum absolute atomic E-state index is 0.275. The van der Waals surface area contributed by atoms with Gasteiger partial charge in [-0.25, -0.2) is 9.59 Å². The van der Waals surface area contributed by atoms with E-state index in [0.717, 1.165) is 8.95 Å². The van der Waals surface area contributed by atoms with Crippen molar-refractivity contribution in [3.05, 3.63) is 72.4 Å². The van der Waals surface area contributed by atoms with Crippen LogP contribution in [-0.2, 0) is 6.54 Å². The molecule has 0 fully saturated rings. The van der Waals surface area contributed by atoms with Gasteiger partial charge in [0.2, 0.25) is 0 Å². The molecule has 3 aromatic rings. The summed E-state index contributed by atoms with van der Waals surface area (Å²) < 4.78 is 13.5. The third-order valence-electron chi connectivity index (χ3n) is 3.27. The minimum Gasteiger partial charge on any atom is -0.492 e. The highest BCUT2D eigenvalue weighted by Gasteiger charge is 2.10. The van der Waals surface area contributed by atoms with Gasteiger partial charge in [-0.15, -0.1) is 0 Å². The Bertz CT molecular complexity index is 960. The van der Waals surface area contributed by atoms with Crippen molar-refractivity contribution in [1.29, 1.82) is 0 Å². The van der Waals surface area contributed by atoms with E-state index in [1.54, 1.807) is 18.2 Å². The highest BCUT2D eigenvalue weighted by molar-refractivity contribution is 9.10. The van der Waals surface area contributed by atoms with Crippen LogP contribution in [0.1, 0.15) is 0 Å². The highest BCUT2D eigenvalue weighted by atomic mass is 79.9. The van der Waals surface area contributed by atoms with Crippen molar-refractivity contribution in [3.8, 4) is 5.75 Å². The number of aromatic nitrogens is 1. The third-order valence-corrected chi connectivity index (χ3v) is 4.29. The van der Waals surface area contributed by atoms with Crippen LogP contribution < -0.4 is 16.1 Å². The van der Waals surface area contributed by atoms with E-state index in [-0.39, 0.29) is 13.2 Å². The second kappa shape index (κ2) is 6.72. The number of hydrogen-bond donors (Lipinski definition) is 0. The molecule has 0 bridgehead atoms. The van der Waals surface area contributed by atoms with Crippen molar-refractivity contribution in [1.82, 2.24) is 4.57 Å². The van der Waals surface area contributed by atoms with Crippen LogP contribution in [0, 0.1) is 0 Å².